The Morgan fingerprint density at radius 2 is 2.17 bits per heavy atom. The molecule has 1 amide bonds. The lowest BCUT2D eigenvalue weighted by Crippen LogP contribution is -2.68. The molecule has 4 N–H and O–H groups in total. The number of hydrogen-bond donors (Lipinski definition) is 3. The highest BCUT2D eigenvalue weighted by Crippen LogP contribution is 2.53. The van der Waals surface area contributed by atoms with Crippen LogP contribution in [-0.4, -0.2) is 84.3 Å². The summed E-state index contributed by atoms with van der Waals surface area (Å²) < 4.78 is 23.9. The van der Waals surface area contributed by atoms with Gasteiger partial charge >= 0.3 is 13.6 Å². The van der Waals surface area contributed by atoms with Crippen molar-refractivity contribution in [3.63, 3.8) is 0 Å². The van der Waals surface area contributed by atoms with E-state index >= 15 is 0 Å². The predicted molar refractivity (Wildman–Crippen MR) is 105 cm³/mol. The van der Waals surface area contributed by atoms with Gasteiger partial charge in [-0.2, -0.15) is 5.21 Å². The maximum absolute atomic E-state index is 13.1. The first kappa shape index (κ1) is 22.2. The smallest absolute Gasteiger partial charge is 0.352 e. The first-order valence-electron chi connectivity index (χ1n) is 8.76. The highest BCUT2D eigenvalue weighted by molar-refractivity contribution is 8.01. The van der Waals surface area contributed by atoms with Gasteiger partial charge in [0, 0.05) is 11.0 Å². The Labute approximate surface area is 174 Å². The molecule has 0 aliphatic carbocycles. The van der Waals surface area contributed by atoms with Gasteiger partial charge < -0.3 is 19.9 Å². The number of fused-ring (bicyclic) bond motifs is 1. The van der Waals surface area contributed by atoms with E-state index in [0.29, 0.717) is 5.57 Å². The largest absolute Gasteiger partial charge is 0.477 e. The minimum absolute atomic E-state index is 0.112. The van der Waals surface area contributed by atoms with Crippen molar-refractivity contribution < 1.29 is 28.3 Å². The monoisotopic (exact) mass is 464 g/mol. The van der Waals surface area contributed by atoms with Crippen molar-refractivity contribution in [2.24, 2.45) is 5.73 Å². The van der Waals surface area contributed by atoms with Gasteiger partial charge in [-0.3, -0.25) is 14.3 Å². The number of carbonyl (C=O) groups is 2. The summed E-state index contributed by atoms with van der Waals surface area (Å²) in [5, 5.41) is 22.5. The molecule has 3 atom stereocenters. The second-order valence-corrected chi connectivity index (χ2v) is 10.4. The molecule has 29 heavy (non-hydrogen) atoms. The zero-order valence-corrected chi connectivity index (χ0v) is 18.2. The molecule has 1 aromatic heterocycles. The van der Waals surface area contributed by atoms with Crippen LogP contribution in [0.2, 0.25) is 0 Å². The molecule has 0 saturated carbocycles. The number of carboxylic acid groups (broad SMARTS) is 1. The van der Waals surface area contributed by atoms with Crippen molar-refractivity contribution in [3.8, 4) is 0 Å². The molecule has 2 aliphatic rings. The fraction of sp³-hybridized carbons (Fsp3) is 0.643. The molecule has 15 heteroatoms. The van der Waals surface area contributed by atoms with Crippen LogP contribution in [0.25, 0.3) is 0 Å². The van der Waals surface area contributed by atoms with Crippen LogP contribution in [0.1, 0.15) is 13.8 Å². The number of aromatic nitrogens is 4. The minimum Gasteiger partial charge on any atom is -0.477 e. The third-order valence-corrected chi connectivity index (χ3v) is 9.05. The lowest BCUT2D eigenvalue weighted by atomic mass is 10.0. The van der Waals surface area contributed by atoms with Crippen molar-refractivity contribution in [2.75, 3.05) is 25.1 Å². The quantitative estimate of drug-likeness (QED) is 0.249. The number of amides is 1. The Balaban J connectivity index is 2.00. The maximum Gasteiger partial charge on any atom is 0.352 e. The molecule has 1 saturated heterocycles. The number of nitrogens with one attached hydrogen (secondary N) is 1. The van der Waals surface area contributed by atoms with Crippen molar-refractivity contribution >= 4 is 43.0 Å². The molecular formula is C14H21N6O6PS2. The molecule has 1 fully saturated rings. The normalized spacial score (nSPS) is 23.0. The summed E-state index contributed by atoms with van der Waals surface area (Å²) in [7, 11) is -3.53. The highest BCUT2D eigenvalue weighted by Gasteiger charge is 2.53. The van der Waals surface area contributed by atoms with Gasteiger partial charge in [0.05, 0.1) is 19.4 Å². The number of tetrazole rings is 1. The van der Waals surface area contributed by atoms with Gasteiger partial charge in [0.15, 0.2) is 0 Å². The Morgan fingerprint density at radius 3 is 2.72 bits per heavy atom. The van der Waals surface area contributed by atoms with Crippen molar-refractivity contribution in [2.45, 2.75) is 35.7 Å². The number of aliphatic carboxylic acids is 1. The van der Waals surface area contributed by atoms with Crippen molar-refractivity contribution in [1.29, 1.82) is 0 Å². The number of hydrogen-bond acceptors (Lipinski definition) is 11. The number of nitrogens with zero attached hydrogens (tertiary/aromatic N) is 4. The van der Waals surface area contributed by atoms with Crippen molar-refractivity contribution in [1.82, 2.24) is 25.5 Å². The van der Waals surface area contributed by atoms with Crippen LogP contribution in [0.15, 0.2) is 16.4 Å². The van der Waals surface area contributed by atoms with Gasteiger partial charge in [0.2, 0.25) is 11.1 Å². The van der Waals surface area contributed by atoms with E-state index in [1.165, 1.54) is 16.7 Å². The number of nitrogens with two attached hydrogens (primary N) is 1. The van der Waals surface area contributed by atoms with Crippen LogP contribution >= 0.6 is 31.1 Å². The first-order chi connectivity index (χ1) is 13.8. The van der Waals surface area contributed by atoms with E-state index in [0.717, 1.165) is 11.8 Å². The van der Waals surface area contributed by atoms with Gasteiger partial charge in [-0.1, -0.05) is 11.8 Å². The summed E-state index contributed by atoms with van der Waals surface area (Å²) in [5.41, 5.74) is 6.06. The number of carbonyl (C=O) groups excluding carboxylic acids is 1. The van der Waals surface area contributed by atoms with Crippen LogP contribution in [0.4, 0.5) is 0 Å². The van der Waals surface area contributed by atoms with Gasteiger partial charge in [0.25, 0.3) is 0 Å². The number of H-pyrrole nitrogens is 1. The van der Waals surface area contributed by atoms with Crippen LogP contribution in [-0.2, 0) is 23.2 Å². The Bertz CT molecular complexity index is 842. The number of carboxylic acids is 1. The number of rotatable bonds is 10. The average molecular weight is 464 g/mol. The molecular weight excluding hydrogens is 443 g/mol. The van der Waals surface area contributed by atoms with Crippen LogP contribution < -0.4 is 5.73 Å². The molecule has 12 nitrogen and oxygen atoms in total. The standard InChI is InChI=1S/C14H21N6O6PS2/c1-3-25-27(24,26-4-2)5-8(29-14-16-18-19-17-14)7-6-28-12-9(15)11(21)20(12)10(7)13(22)23/h8-9,12H,3-6,15H2,1-2H3,(H,22,23)(H,16,17,18,19)/t8?,9-,12-/m1/s1. The first-order valence-corrected chi connectivity index (χ1v) is 12.4. The summed E-state index contributed by atoms with van der Waals surface area (Å²) >= 11 is 2.44. The molecule has 3 rings (SSSR count). The van der Waals surface area contributed by atoms with E-state index in [2.05, 4.69) is 20.6 Å². The van der Waals surface area contributed by atoms with E-state index in [1.54, 1.807) is 13.8 Å². The van der Waals surface area contributed by atoms with E-state index < -0.39 is 36.1 Å². The number of thioether (sulfide) groups is 2. The second-order valence-electron chi connectivity index (χ2n) is 6.04. The van der Waals surface area contributed by atoms with Gasteiger partial charge in [-0.15, -0.1) is 22.0 Å². The lowest BCUT2D eigenvalue weighted by Gasteiger charge is -2.48. The van der Waals surface area contributed by atoms with E-state index in [1.807, 2.05) is 0 Å². The van der Waals surface area contributed by atoms with Gasteiger partial charge in [-0.25, -0.2) is 4.79 Å². The van der Waals surface area contributed by atoms with Crippen LogP contribution in [0.5, 0.6) is 0 Å². The fourth-order valence-corrected chi connectivity index (χ4v) is 7.87. The fourth-order valence-electron chi connectivity index (χ4n) is 3.07. The third kappa shape index (κ3) is 4.52. The molecule has 0 spiro atoms. The molecule has 3 heterocycles. The molecule has 160 valence electrons. The van der Waals surface area contributed by atoms with Crippen molar-refractivity contribution in [3.05, 3.63) is 11.3 Å². The highest BCUT2D eigenvalue weighted by atomic mass is 32.2. The van der Waals surface area contributed by atoms with Crippen LogP contribution in [0, 0.1) is 0 Å². The predicted octanol–water partition coefficient (Wildman–Crippen LogP) is 0.508. The summed E-state index contributed by atoms with van der Waals surface area (Å²) in [6.07, 6.45) is -0.112. The maximum atomic E-state index is 13.1. The average Bonchev–Trinajstić information content (AvgIpc) is 3.19. The molecule has 0 bridgehead atoms. The van der Waals surface area contributed by atoms with E-state index in [-0.39, 0.29) is 36.0 Å². The van der Waals surface area contributed by atoms with E-state index in [4.69, 9.17) is 14.8 Å². The summed E-state index contributed by atoms with van der Waals surface area (Å²) in [4.78, 5) is 25.5. The Kier molecular flexibility index (Phi) is 7.02. The summed E-state index contributed by atoms with van der Waals surface area (Å²) in [6, 6.07) is -0.739. The topological polar surface area (TPSA) is 174 Å². The summed E-state index contributed by atoms with van der Waals surface area (Å²) in [5.74, 6) is -1.43. The number of aromatic amines is 1. The minimum atomic E-state index is -3.53. The zero-order chi connectivity index (χ0) is 21.2. The molecule has 1 aromatic rings. The number of β-lactam (4-membered cyclic amide) rings is 1. The van der Waals surface area contributed by atoms with Crippen LogP contribution in [0.3, 0.4) is 0 Å². The molecule has 0 aromatic carbocycles. The zero-order valence-electron chi connectivity index (χ0n) is 15.7. The van der Waals surface area contributed by atoms with Gasteiger partial charge in [-0.05, 0) is 24.6 Å². The lowest BCUT2D eigenvalue weighted by molar-refractivity contribution is -0.148. The molecule has 0 radical (unpaired) electrons. The second kappa shape index (κ2) is 9.14. The Hall–Kier alpha value is -1.44. The molecule has 1 unspecified atom stereocenters. The SMILES string of the molecule is CCOP(=O)(CC(Sc1nn[nH]n1)C1=C(C(=O)O)N2C(=O)[C@@H](N)[C@H]2SC1)OCC. The third-order valence-electron chi connectivity index (χ3n) is 4.24. The van der Waals surface area contributed by atoms with Gasteiger partial charge in [0.1, 0.15) is 17.1 Å². The summed E-state index contributed by atoms with van der Waals surface area (Å²) in [6.45, 7) is 3.71. The Morgan fingerprint density at radius 1 is 1.48 bits per heavy atom. The molecule has 2 aliphatic heterocycles. The van der Waals surface area contributed by atoms with E-state index in [9.17, 15) is 19.3 Å².